The first-order valence-corrected chi connectivity index (χ1v) is 6.26. The van der Waals surface area contributed by atoms with Crippen molar-refractivity contribution >= 4 is 11.8 Å². The topological polar surface area (TPSA) is 66.6 Å². The molecule has 5 heteroatoms. The van der Waals surface area contributed by atoms with E-state index in [4.69, 9.17) is 5.73 Å². The van der Waals surface area contributed by atoms with E-state index in [0.29, 0.717) is 32.1 Å². The van der Waals surface area contributed by atoms with Gasteiger partial charge in [0.05, 0.1) is 5.54 Å². The maximum Gasteiger partial charge on any atom is 0.242 e. The first kappa shape index (κ1) is 12.4. The van der Waals surface area contributed by atoms with Crippen LogP contribution >= 0.6 is 0 Å². The third kappa shape index (κ3) is 2.44. The van der Waals surface area contributed by atoms with E-state index in [0.717, 1.165) is 12.8 Å². The minimum Gasteiger partial charge on any atom is -0.339 e. The molecule has 1 unspecified atom stereocenters. The predicted molar refractivity (Wildman–Crippen MR) is 64.2 cm³/mol. The molecular formula is C12H21N3O2. The van der Waals surface area contributed by atoms with Crippen LogP contribution in [-0.4, -0.2) is 53.3 Å². The zero-order chi connectivity index (χ0) is 12.6. The van der Waals surface area contributed by atoms with Crippen molar-refractivity contribution in [2.24, 2.45) is 11.7 Å². The Labute approximate surface area is 102 Å². The Kier molecular flexibility index (Phi) is 3.12. The van der Waals surface area contributed by atoms with E-state index in [9.17, 15) is 9.59 Å². The molecule has 1 aliphatic carbocycles. The van der Waals surface area contributed by atoms with Crippen LogP contribution in [0.2, 0.25) is 0 Å². The van der Waals surface area contributed by atoms with E-state index >= 15 is 0 Å². The molecule has 2 N–H and O–H groups in total. The lowest BCUT2D eigenvalue weighted by atomic mass is 9.95. The monoisotopic (exact) mass is 239 g/mol. The zero-order valence-electron chi connectivity index (χ0n) is 10.6. The Balaban J connectivity index is 1.92. The van der Waals surface area contributed by atoms with Gasteiger partial charge in [-0.3, -0.25) is 9.59 Å². The van der Waals surface area contributed by atoms with Gasteiger partial charge < -0.3 is 15.5 Å². The summed E-state index contributed by atoms with van der Waals surface area (Å²) in [6.07, 6.45) is 2.12. The molecule has 1 saturated carbocycles. The van der Waals surface area contributed by atoms with Crippen LogP contribution in [0.15, 0.2) is 0 Å². The van der Waals surface area contributed by atoms with E-state index < -0.39 is 5.54 Å². The largest absolute Gasteiger partial charge is 0.339 e. The van der Waals surface area contributed by atoms with Crippen LogP contribution in [0.4, 0.5) is 0 Å². The fourth-order valence-corrected chi connectivity index (χ4v) is 2.42. The van der Waals surface area contributed by atoms with E-state index in [1.54, 1.807) is 16.7 Å². The van der Waals surface area contributed by atoms with Crippen LogP contribution in [0, 0.1) is 5.92 Å². The molecule has 1 heterocycles. The van der Waals surface area contributed by atoms with Gasteiger partial charge in [0.15, 0.2) is 0 Å². The second-order valence-electron chi connectivity index (χ2n) is 5.36. The van der Waals surface area contributed by atoms with Crippen molar-refractivity contribution in [3.05, 3.63) is 0 Å². The first-order valence-electron chi connectivity index (χ1n) is 6.26. The minimum atomic E-state index is -0.710. The summed E-state index contributed by atoms with van der Waals surface area (Å²) in [6.45, 7) is 5.87. The van der Waals surface area contributed by atoms with Gasteiger partial charge in [-0.05, 0) is 25.7 Å². The highest BCUT2D eigenvalue weighted by Gasteiger charge is 2.46. The summed E-state index contributed by atoms with van der Waals surface area (Å²) in [4.78, 5) is 27.0. The van der Waals surface area contributed by atoms with Gasteiger partial charge >= 0.3 is 0 Å². The molecule has 5 nitrogen and oxygen atoms in total. The molecule has 1 saturated heterocycles. The van der Waals surface area contributed by atoms with E-state index in [1.807, 2.05) is 6.92 Å². The number of carbonyl (C=O) groups is 2. The van der Waals surface area contributed by atoms with Gasteiger partial charge in [0.2, 0.25) is 11.8 Å². The number of hydrogen-bond donors (Lipinski definition) is 1. The van der Waals surface area contributed by atoms with Crippen molar-refractivity contribution in [2.45, 2.75) is 32.2 Å². The second kappa shape index (κ2) is 4.29. The van der Waals surface area contributed by atoms with Crippen LogP contribution in [0.25, 0.3) is 0 Å². The number of rotatable bonds is 2. The normalized spacial score (nSPS) is 24.4. The summed E-state index contributed by atoms with van der Waals surface area (Å²) >= 11 is 0. The van der Waals surface area contributed by atoms with Crippen LogP contribution in [-0.2, 0) is 9.59 Å². The molecule has 2 rings (SSSR count). The number of piperazine rings is 1. The minimum absolute atomic E-state index is 0.0446. The highest BCUT2D eigenvalue weighted by Crippen LogP contribution is 2.39. The zero-order valence-corrected chi connectivity index (χ0v) is 10.6. The molecule has 2 aliphatic rings. The number of nitrogens with two attached hydrogens (primary N) is 1. The Morgan fingerprint density at radius 1 is 1.12 bits per heavy atom. The van der Waals surface area contributed by atoms with Crippen molar-refractivity contribution in [2.75, 3.05) is 26.2 Å². The van der Waals surface area contributed by atoms with Gasteiger partial charge in [0.1, 0.15) is 0 Å². The number of nitrogens with zero attached hydrogens (tertiary/aromatic N) is 2. The van der Waals surface area contributed by atoms with Crippen LogP contribution in [0.5, 0.6) is 0 Å². The lowest BCUT2D eigenvalue weighted by Crippen LogP contribution is -2.59. The maximum atomic E-state index is 12.3. The fraction of sp³-hybridized carbons (Fsp3) is 0.833. The smallest absolute Gasteiger partial charge is 0.242 e. The highest BCUT2D eigenvalue weighted by molar-refractivity contribution is 5.86. The van der Waals surface area contributed by atoms with E-state index in [2.05, 4.69) is 0 Å². The molecule has 1 atom stereocenters. The number of amides is 2. The van der Waals surface area contributed by atoms with Gasteiger partial charge in [-0.1, -0.05) is 0 Å². The molecule has 1 aliphatic heterocycles. The van der Waals surface area contributed by atoms with Crippen molar-refractivity contribution in [3.63, 3.8) is 0 Å². The molecule has 17 heavy (non-hydrogen) atoms. The molecule has 2 amide bonds. The predicted octanol–water partition coefficient (Wildman–Crippen LogP) is -0.195. The number of carbonyl (C=O) groups excluding carboxylic acids is 2. The molecule has 0 aromatic heterocycles. The highest BCUT2D eigenvalue weighted by atomic mass is 16.2. The summed E-state index contributed by atoms with van der Waals surface area (Å²) in [7, 11) is 0. The lowest BCUT2D eigenvalue weighted by Gasteiger charge is -2.38. The van der Waals surface area contributed by atoms with Crippen molar-refractivity contribution < 1.29 is 9.59 Å². The van der Waals surface area contributed by atoms with Crippen molar-refractivity contribution in [1.29, 1.82) is 0 Å². The Hall–Kier alpha value is -1.10. The van der Waals surface area contributed by atoms with Crippen LogP contribution < -0.4 is 5.73 Å². The van der Waals surface area contributed by atoms with Crippen molar-refractivity contribution in [3.8, 4) is 0 Å². The lowest BCUT2D eigenvalue weighted by molar-refractivity contribution is -0.142. The third-order valence-corrected chi connectivity index (χ3v) is 3.90. The molecule has 96 valence electrons. The molecule has 0 bridgehead atoms. The van der Waals surface area contributed by atoms with Gasteiger partial charge in [-0.2, -0.15) is 0 Å². The third-order valence-electron chi connectivity index (χ3n) is 3.90. The van der Waals surface area contributed by atoms with Crippen LogP contribution in [0.1, 0.15) is 26.7 Å². The quantitative estimate of drug-likeness (QED) is 0.726. The Bertz CT molecular complexity index is 329. The average Bonchev–Trinajstić information content (AvgIpc) is 3.12. The summed E-state index contributed by atoms with van der Waals surface area (Å²) in [5.41, 5.74) is 5.41. The summed E-state index contributed by atoms with van der Waals surface area (Å²) in [5, 5.41) is 0. The van der Waals surface area contributed by atoms with Gasteiger partial charge in [-0.25, -0.2) is 0 Å². The molecule has 0 aromatic carbocycles. The van der Waals surface area contributed by atoms with Crippen LogP contribution in [0.3, 0.4) is 0 Å². The SMILES string of the molecule is CC(=O)N1CCN(C(=O)C(C)(N)C2CC2)CC1. The van der Waals surface area contributed by atoms with E-state index in [1.165, 1.54) is 0 Å². The van der Waals surface area contributed by atoms with Gasteiger partial charge in [0.25, 0.3) is 0 Å². The Morgan fingerprint density at radius 2 is 1.59 bits per heavy atom. The summed E-state index contributed by atoms with van der Waals surface area (Å²) < 4.78 is 0. The molecule has 0 radical (unpaired) electrons. The maximum absolute atomic E-state index is 12.3. The van der Waals surface area contributed by atoms with E-state index in [-0.39, 0.29) is 11.8 Å². The summed E-state index contributed by atoms with van der Waals surface area (Å²) in [6, 6.07) is 0. The second-order valence-corrected chi connectivity index (χ2v) is 5.36. The standard InChI is InChI=1S/C12H21N3O2/c1-9(16)14-5-7-15(8-6-14)11(17)12(2,13)10-3-4-10/h10H,3-8,13H2,1-2H3. The summed E-state index contributed by atoms with van der Waals surface area (Å²) in [5.74, 6) is 0.471. The van der Waals surface area contributed by atoms with Gasteiger partial charge in [-0.15, -0.1) is 0 Å². The molecule has 2 fully saturated rings. The van der Waals surface area contributed by atoms with Gasteiger partial charge in [0, 0.05) is 33.1 Å². The average molecular weight is 239 g/mol. The Morgan fingerprint density at radius 3 is 2.00 bits per heavy atom. The number of hydrogen-bond acceptors (Lipinski definition) is 3. The van der Waals surface area contributed by atoms with Crippen molar-refractivity contribution in [1.82, 2.24) is 9.80 Å². The first-order chi connectivity index (χ1) is 7.93. The fourth-order valence-electron chi connectivity index (χ4n) is 2.42. The molecule has 0 aromatic rings. The molecule has 0 spiro atoms. The molecular weight excluding hydrogens is 218 g/mol.